The van der Waals surface area contributed by atoms with Crippen LogP contribution in [0, 0.1) is 0 Å². The lowest BCUT2D eigenvalue weighted by molar-refractivity contribution is 0.417. The summed E-state index contributed by atoms with van der Waals surface area (Å²) in [6, 6.07) is 11.3. The average molecular weight is 440 g/mol. The summed E-state index contributed by atoms with van der Waals surface area (Å²) in [7, 11) is -6.08. The lowest BCUT2D eigenvalue weighted by atomic mass is 10.2. The molecule has 2 aromatic rings. The fraction of sp³-hybridized carbons (Fsp3) is 0.368. The maximum atomic E-state index is 13.3. The first-order chi connectivity index (χ1) is 13.8. The van der Waals surface area contributed by atoms with Gasteiger partial charge in [0.25, 0.3) is 10.0 Å². The Kier molecular flexibility index (Phi) is 6.23. The van der Waals surface area contributed by atoms with Gasteiger partial charge < -0.3 is 9.64 Å². The van der Waals surface area contributed by atoms with Crippen LogP contribution in [0.4, 0.5) is 17.1 Å². The molecule has 0 bridgehead atoms. The van der Waals surface area contributed by atoms with E-state index in [0.717, 1.165) is 25.9 Å². The summed E-state index contributed by atoms with van der Waals surface area (Å²) >= 11 is 0. The van der Waals surface area contributed by atoms with Crippen LogP contribution in [0.5, 0.6) is 5.75 Å². The molecule has 1 heterocycles. The number of ether oxygens (including phenoxy) is 1. The van der Waals surface area contributed by atoms with Gasteiger partial charge in [-0.1, -0.05) is 12.1 Å². The molecule has 0 saturated carbocycles. The van der Waals surface area contributed by atoms with Gasteiger partial charge in [0.15, 0.2) is 0 Å². The third-order valence-electron chi connectivity index (χ3n) is 4.70. The zero-order valence-electron chi connectivity index (χ0n) is 16.4. The minimum absolute atomic E-state index is 0.0154. The third-order valence-corrected chi connectivity index (χ3v) is 7.40. The van der Waals surface area contributed by atoms with Gasteiger partial charge in [-0.2, -0.15) is 0 Å². The highest BCUT2D eigenvalue weighted by Gasteiger charge is 2.26. The lowest BCUT2D eigenvalue weighted by Gasteiger charge is -2.23. The Balaban J connectivity index is 2.05. The van der Waals surface area contributed by atoms with E-state index in [1.165, 1.54) is 20.1 Å². The number of anilines is 3. The fourth-order valence-electron chi connectivity index (χ4n) is 3.19. The van der Waals surface area contributed by atoms with Crippen LogP contribution < -0.4 is 19.1 Å². The molecule has 0 aliphatic carbocycles. The van der Waals surface area contributed by atoms with Crippen molar-refractivity contribution in [2.45, 2.75) is 24.7 Å². The van der Waals surface area contributed by atoms with Crippen molar-refractivity contribution in [3.8, 4) is 5.75 Å². The van der Waals surface area contributed by atoms with Crippen LogP contribution in [0.1, 0.15) is 19.8 Å². The van der Waals surface area contributed by atoms with Crippen LogP contribution in [0.2, 0.25) is 0 Å². The van der Waals surface area contributed by atoms with Gasteiger partial charge in [-0.15, -0.1) is 0 Å². The Labute approximate surface area is 172 Å². The Morgan fingerprint density at radius 2 is 1.69 bits per heavy atom. The SMILES string of the molecule is CCS(=O)(=O)Nc1ccc(N2CCCC2)c(S(=O)(=O)Nc2ccccc2OC)c1. The summed E-state index contributed by atoms with van der Waals surface area (Å²) in [5, 5.41) is 0. The second-order valence-electron chi connectivity index (χ2n) is 6.69. The van der Waals surface area contributed by atoms with Crippen LogP contribution in [0.25, 0.3) is 0 Å². The van der Waals surface area contributed by atoms with Crippen molar-refractivity contribution in [3.05, 3.63) is 42.5 Å². The van der Waals surface area contributed by atoms with Crippen LogP contribution in [0.15, 0.2) is 47.4 Å². The van der Waals surface area contributed by atoms with E-state index >= 15 is 0 Å². The van der Waals surface area contributed by atoms with E-state index < -0.39 is 20.0 Å². The molecule has 3 rings (SSSR count). The molecular formula is C19H25N3O5S2. The van der Waals surface area contributed by atoms with Crippen molar-refractivity contribution >= 4 is 37.1 Å². The Bertz CT molecular complexity index is 1080. The monoisotopic (exact) mass is 439 g/mol. The average Bonchev–Trinajstić information content (AvgIpc) is 3.22. The largest absolute Gasteiger partial charge is 0.495 e. The number of benzene rings is 2. The molecule has 0 spiro atoms. The number of nitrogens with zero attached hydrogens (tertiary/aromatic N) is 1. The molecule has 0 atom stereocenters. The van der Waals surface area contributed by atoms with Gasteiger partial charge in [-0.3, -0.25) is 9.44 Å². The van der Waals surface area contributed by atoms with Crippen LogP contribution in [-0.4, -0.2) is 42.8 Å². The molecule has 0 radical (unpaired) electrons. The molecule has 2 aromatic carbocycles. The van der Waals surface area contributed by atoms with Crippen molar-refractivity contribution < 1.29 is 21.6 Å². The maximum Gasteiger partial charge on any atom is 0.264 e. The number of nitrogens with one attached hydrogen (secondary N) is 2. The summed E-state index contributed by atoms with van der Waals surface area (Å²) in [5.74, 6) is 0.282. The van der Waals surface area contributed by atoms with E-state index in [4.69, 9.17) is 4.74 Å². The number of hydrogen-bond acceptors (Lipinski definition) is 6. The third kappa shape index (κ3) is 4.94. The molecule has 8 nitrogen and oxygen atoms in total. The van der Waals surface area contributed by atoms with Gasteiger partial charge in [-0.25, -0.2) is 16.8 Å². The summed E-state index contributed by atoms with van der Waals surface area (Å²) in [5.41, 5.74) is 1.06. The molecule has 0 unspecified atom stereocenters. The first kappa shape index (κ1) is 21.3. The highest BCUT2D eigenvalue weighted by Crippen LogP contribution is 2.34. The summed E-state index contributed by atoms with van der Waals surface area (Å²) in [4.78, 5) is 2.01. The van der Waals surface area contributed by atoms with E-state index in [1.807, 2.05) is 4.90 Å². The Morgan fingerprint density at radius 1 is 1.00 bits per heavy atom. The predicted octanol–water partition coefficient (Wildman–Crippen LogP) is 2.86. The van der Waals surface area contributed by atoms with Crippen molar-refractivity contribution in [2.75, 3.05) is 40.3 Å². The van der Waals surface area contributed by atoms with Gasteiger partial charge >= 0.3 is 0 Å². The van der Waals surface area contributed by atoms with Crippen molar-refractivity contribution in [3.63, 3.8) is 0 Å². The number of hydrogen-bond donors (Lipinski definition) is 2. The van der Waals surface area contributed by atoms with E-state index in [9.17, 15) is 16.8 Å². The highest BCUT2D eigenvalue weighted by molar-refractivity contribution is 7.93. The summed E-state index contributed by atoms with van der Waals surface area (Å²) < 4.78 is 60.6. The predicted molar refractivity (Wildman–Crippen MR) is 115 cm³/mol. The van der Waals surface area contributed by atoms with E-state index in [0.29, 0.717) is 17.1 Å². The maximum absolute atomic E-state index is 13.3. The molecule has 10 heteroatoms. The minimum Gasteiger partial charge on any atom is -0.495 e. The normalized spacial score (nSPS) is 14.6. The topological polar surface area (TPSA) is 105 Å². The molecule has 1 aliphatic rings. The van der Waals surface area contributed by atoms with Gasteiger partial charge in [0, 0.05) is 18.8 Å². The quantitative estimate of drug-likeness (QED) is 0.655. The van der Waals surface area contributed by atoms with Gasteiger partial charge in [0.05, 0.1) is 24.2 Å². The van der Waals surface area contributed by atoms with E-state index in [2.05, 4.69) is 9.44 Å². The highest BCUT2D eigenvalue weighted by atomic mass is 32.2. The van der Waals surface area contributed by atoms with Crippen molar-refractivity contribution in [2.24, 2.45) is 0 Å². The number of para-hydroxylation sites is 2. The Morgan fingerprint density at radius 3 is 2.34 bits per heavy atom. The molecule has 1 aliphatic heterocycles. The van der Waals surface area contributed by atoms with Crippen LogP contribution in [-0.2, 0) is 20.0 Å². The molecule has 1 fully saturated rings. The molecule has 29 heavy (non-hydrogen) atoms. The van der Waals surface area contributed by atoms with Gasteiger partial charge in [-0.05, 0) is 50.1 Å². The lowest BCUT2D eigenvalue weighted by Crippen LogP contribution is -2.23. The summed E-state index contributed by atoms with van der Waals surface area (Å²) in [6.45, 7) is 3.01. The first-order valence-corrected chi connectivity index (χ1v) is 12.4. The van der Waals surface area contributed by atoms with Crippen LogP contribution >= 0.6 is 0 Å². The Hall–Kier alpha value is -2.46. The molecular weight excluding hydrogens is 414 g/mol. The van der Waals surface area contributed by atoms with Gasteiger partial charge in [0.2, 0.25) is 10.0 Å². The fourth-order valence-corrected chi connectivity index (χ4v) is 5.15. The molecule has 1 saturated heterocycles. The molecule has 0 amide bonds. The second kappa shape index (κ2) is 8.50. The first-order valence-electron chi connectivity index (χ1n) is 9.31. The van der Waals surface area contributed by atoms with Crippen molar-refractivity contribution in [1.29, 1.82) is 0 Å². The smallest absolute Gasteiger partial charge is 0.264 e. The number of rotatable bonds is 8. The van der Waals surface area contributed by atoms with Gasteiger partial charge in [0.1, 0.15) is 10.6 Å². The second-order valence-corrected chi connectivity index (χ2v) is 10.3. The van der Waals surface area contributed by atoms with E-state index in [-0.39, 0.29) is 16.3 Å². The minimum atomic E-state index is -4.01. The summed E-state index contributed by atoms with van der Waals surface area (Å²) in [6.07, 6.45) is 1.95. The van der Waals surface area contributed by atoms with E-state index in [1.54, 1.807) is 36.4 Å². The molecule has 2 N–H and O–H groups in total. The standard InChI is InChI=1S/C19H25N3O5S2/c1-3-28(23,24)20-15-10-11-17(22-12-6-7-13-22)19(14-15)29(25,26)21-16-8-4-5-9-18(16)27-2/h4-5,8-11,14,20-21H,3,6-7,12-13H2,1-2H3. The van der Waals surface area contributed by atoms with Crippen molar-refractivity contribution in [1.82, 2.24) is 0 Å². The molecule has 0 aromatic heterocycles. The van der Waals surface area contributed by atoms with Crippen LogP contribution in [0.3, 0.4) is 0 Å². The number of methoxy groups -OCH3 is 1. The zero-order valence-corrected chi connectivity index (χ0v) is 18.0. The number of sulfonamides is 2. The zero-order chi connectivity index (χ0) is 21.1. The molecule has 158 valence electrons.